The molecule has 2 aliphatic rings. The minimum absolute atomic E-state index is 0.0719. The van der Waals surface area contributed by atoms with Crippen molar-refractivity contribution in [1.82, 2.24) is 9.88 Å². The Labute approximate surface area is 114 Å². The molecule has 1 spiro atoms. The first-order valence-corrected chi connectivity index (χ1v) is 7.00. The summed E-state index contributed by atoms with van der Waals surface area (Å²) >= 11 is 0. The molecule has 3 heterocycles. The number of aromatic nitrogens is 1. The van der Waals surface area contributed by atoms with E-state index >= 15 is 0 Å². The Balaban J connectivity index is 1.53. The number of hydrogen-bond acceptors (Lipinski definition) is 4. The molecule has 0 N–H and O–H groups in total. The van der Waals surface area contributed by atoms with E-state index in [0.29, 0.717) is 12.7 Å². The molecular formula is C15H22N2O2. The van der Waals surface area contributed by atoms with Crippen LogP contribution in [0.3, 0.4) is 0 Å². The molecule has 1 aromatic rings. The second-order valence-corrected chi connectivity index (χ2v) is 6.00. The van der Waals surface area contributed by atoms with Crippen molar-refractivity contribution in [2.45, 2.75) is 38.1 Å². The summed E-state index contributed by atoms with van der Waals surface area (Å²) in [6, 6.07) is 2.14. The maximum absolute atomic E-state index is 6.05. The van der Waals surface area contributed by atoms with Crippen molar-refractivity contribution < 1.29 is 9.47 Å². The van der Waals surface area contributed by atoms with E-state index in [0.717, 1.165) is 38.1 Å². The van der Waals surface area contributed by atoms with Gasteiger partial charge in [0.25, 0.3) is 0 Å². The number of pyridine rings is 1. The number of ether oxygens (including phenoxy) is 2. The largest absolute Gasteiger partial charge is 0.373 e. The molecule has 0 saturated carbocycles. The third-order valence-corrected chi connectivity index (χ3v) is 3.98. The van der Waals surface area contributed by atoms with Crippen LogP contribution in [0.25, 0.3) is 0 Å². The van der Waals surface area contributed by atoms with Gasteiger partial charge in [0.05, 0.1) is 18.3 Å². The zero-order chi connectivity index (χ0) is 13.3. The van der Waals surface area contributed by atoms with Gasteiger partial charge in [0.1, 0.15) is 0 Å². The maximum atomic E-state index is 6.05. The fourth-order valence-corrected chi connectivity index (χ4v) is 3.19. The molecule has 3 rings (SSSR count). The van der Waals surface area contributed by atoms with Gasteiger partial charge in [-0.3, -0.25) is 4.98 Å². The molecule has 0 unspecified atom stereocenters. The topological polar surface area (TPSA) is 34.6 Å². The van der Waals surface area contributed by atoms with Gasteiger partial charge in [-0.15, -0.1) is 0 Å². The number of hydrogen-bond donors (Lipinski definition) is 0. The van der Waals surface area contributed by atoms with E-state index in [1.807, 2.05) is 12.4 Å². The monoisotopic (exact) mass is 262 g/mol. The molecule has 2 saturated heterocycles. The highest BCUT2D eigenvalue weighted by molar-refractivity contribution is 5.15. The Hall–Kier alpha value is -0.970. The predicted molar refractivity (Wildman–Crippen MR) is 73.0 cm³/mol. The molecule has 0 aliphatic carbocycles. The highest BCUT2D eigenvalue weighted by Gasteiger charge is 2.46. The van der Waals surface area contributed by atoms with Crippen molar-refractivity contribution in [3.63, 3.8) is 0 Å². The molecule has 2 fully saturated rings. The van der Waals surface area contributed by atoms with Crippen LogP contribution in [0, 0.1) is 6.92 Å². The number of nitrogens with zero attached hydrogens (tertiary/aromatic N) is 2. The van der Waals surface area contributed by atoms with Gasteiger partial charge in [-0.2, -0.15) is 0 Å². The first-order chi connectivity index (χ1) is 9.15. The van der Waals surface area contributed by atoms with Gasteiger partial charge in [0.15, 0.2) is 0 Å². The molecule has 2 aliphatic heterocycles. The van der Waals surface area contributed by atoms with Crippen molar-refractivity contribution >= 4 is 0 Å². The van der Waals surface area contributed by atoms with Crippen LogP contribution in [-0.2, 0) is 16.1 Å². The first kappa shape index (κ1) is 13.0. The van der Waals surface area contributed by atoms with Crippen molar-refractivity contribution in [3.05, 3.63) is 29.6 Å². The number of rotatable bonds is 3. The van der Waals surface area contributed by atoms with E-state index < -0.39 is 0 Å². The van der Waals surface area contributed by atoms with Crippen molar-refractivity contribution in [2.75, 3.05) is 26.7 Å². The normalized spacial score (nSPS) is 26.3. The van der Waals surface area contributed by atoms with Crippen molar-refractivity contribution in [2.24, 2.45) is 0 Å². The molecule has 0 bridgehead atoms. The highest BCUT2D eigenvalue weighted by atomic mass is 16.5. The second-order valence-electron chi connectivity index (χ2n) is 6.00. The highest BCUT2D eigenvalue weighted by Crippen LogP contribution is 2.34. The molecule has 4 heteroatoms. The lowest BCUT2D eigenvalue weighted by Crippen LogP contribution is -2.64. The average Bonchev–Trinajstić information content (AvgIpc) is 2.35. The van der Waals surface area contributed by atoms with E-state index in [1.165, 1.54) is 5.56 Å². The molecular weight excluding hydrogens is 240 g/mol. The molecule has 0 radical (unpaired) electrons. The van der Waals surface area contributed by atoms with Crippen LogP contribution in [0.1, 0.15) is 24.0 Å². The number of likely N-dealkylation sites (N-methyl/N-ethyl adjacent to an activating group) is 1. The van der Waals surface area contributed by atoms with Crippen LogP contribution in [0.2, 0.25) is 0 Å². The third-order valence-electron chi connectivity index (χ3n) is 3.98. The van der Waals surface area contributed by atoms with Crippen LogP contribution >= 0.6 is 0 Å². The Morgan fingerprint density at radius 3 is 3.05 bits per heavy atom. The minimum Gasteiger partial charge on any atom is -0.373 e. The van der Waals surface area contributed by atoms with Crippen molar-refractivity contribution in [1.29, 1.82) is 0 Å². The summed E-state index contributed by atoms with van der Waals surface area (Å²) in [6.07, 6.45) is 6.11. The zero-order valence-corrected chi connectivity index (χ0v) is 11.8. The van der Waals surface area contributed by atoms with Gasteiger partial charge in [-0.05, 0) is 31.5 Å². The SMILES string of the molecule is Cc1cncc(CO[C@@H]2CCOC3(C2)CN(C)C3)c1. The Bertz CT molecular complexity index is 438. The number of likely N-dealkylation sites (tertiary alicyclic amines) is 1. The van der Waals surface area contributed by atoms with Gasteiger partial charge in [-0.25, -0.2) is 0 Å². The summed E-state index contributed by atoms with van der Waals surface area (Å²) in [5, 5.41) is 0. The van der Waals surface area contributed by atoms with Gasteiger partial charge in [-0.1, -0.05) is 6.07 Å². The summed E-state index contributed by atoms with van der Waals surface area (Å²) in [5.41, 5.74) is 2.42. The summed E-state index contributed by atoms with van der Waals surface area (Å²) < 4.78 is 12.0. The maximum Gasteiger partial charge on any atom is 0.0959 e. The molecule has 1 aromatic heterocycles. The standard InChI is InChI=1S/C15H22N2O2/c1-12-5-13(8-16-7-12)9-18-14-3-4-19-15(6-14)10-17(2)11-15/h5,7-8,14H,3-4,6,9-11H2,1-2H3/t14-/m1/s1. The Morgan fingerprint density at radius 2 is 2.32 bits per heavy atom. The van der Waals surface area contributed by atoms with Crippen LogP contribution in [-0.4, -0.2) is 48.3 Å². The fraction of sp³-hybridized carbons (Fsp3) is 0.667. The molecule has 19 heavy (non-hydrogen) atoms. The summed E-state index contributed by atoms with van der Waals surface area (Å²) in [4.78, 5) is 6.50. The summed E-state index contributed by atoms with van der Waals surface area (Å²) in [7, 11) is 2.14. The fourth-order valence-electron chi connectivity index (χ4n) is 3.19. The Morgan fingerprint density at radius 1 is 1.47 bits per heavy atom. The van der Waals surface area contributed by atoms with Gasteiger partial charge in [0.2, 0.25) is 0 Å². The van der Waals surface area contributed by atoms with Crippen molar-refractivity contribution in [3.8, 4) is 0 Å². The lowest BCUT2D eigenvalue weighted by molar-refractivity contribution is -0.193. The lowest BCUT2D eigenvalue weighted by atomic mass is 9.85. The smallest absolute Gasteiger partial charge is 0.0959 e. The van der Waals surface area contributed by atoms with Crippen LogP contribution in [0.4, 0.5) is 0 Å². The van der Waals surface area contributed by atoms with Crippen LogP contribution in [0.5, 0.6) is 0 Å². The number of aryl methyl sites for hydroxylation is 1. The predicted octanol–water partition coefficient (Wildman–Crippen LogP) is 1.77. The van der Waals surface area contributed by atoms with Crippen LogP contribution in [0.15, 0.2) is 18.5 Å². The van der Waals surface area contributed by atoms with E-state index in [1.54, 1.807) is 0 Å². The van der Waals surface area contributed by atoms with Crippen LogP contribution < -0.4 is 0 Å². The summed E-state index contributed by atoms with van der Waals surface area (Å²) in [5.74, 6) is 0. The molecule has 104 valence electrons. The van der Waals surface area contributed by atoms with E-state index in [9.17, 15) is 0 Å². The summed E-state index contributed by atoms with van der Waals surface area (Å²) in [6.45, 7) is 5.62. The molecule has 1 atom stereocenters. The lowest BCUT2D eigenvalue weighted by Gasteiger charge is -2.51. The quantitative estimate of drug-likeness (QED) is 0.831. The van der Waals surface area contributed by atoms with E-state index in [4.69, 9.17) is 9.47 Å². The second kappa shape index (κ2) is 5.19. The first-order valence-electron chi connectivity index (χ1n) is 7.00. The minimum atomic E-state index is 0.0719. The third kappa shape index (κ3) is 2.96. The van der Waals surface area contributed by atoms with Gasteiger partial charge >= 0.3 is 0 Å². The molecule has 0 amide bonds. The van der Waals surface area contributed by atoms with Gasteiger partial charge < -0.3 is 14.4 Å². The molecule has 0 aromatic carbocycles. The van der Waals surface area contributed by atoms with E-state index in [-0.39, 0.29) is 5.60 Å². The average molecular weight is 262 g/mol. The van der Waals surface area contributed by atoms with E-state index in [2.05, 4.69) is 29.9 Å². The molecule has 4 nitrogen and oxygen atoms in total. The zero-order valence-electron chi connectivity index (χ0n) is 11.8. The van der Waals surface area contributed by atoms with Gasteiger partial charge in [0, 0.05) is 38.5 Å². The Kier molecular flexibility index (Phi) is 3.56.